The first-order valence-electron chi connectivity index (χ1n) is 10.2. The van der Waals surface area contributed by atoms with Gasteiger partial charge in [0.05, 0.1) is 16.3 Å². The quantitative estimate of drug-likeness (QED) is 0.390. The molecule has 0 aliphatic heterocycles. The molecule has 0 aromatic carbocycles. The normalized spacial score (nSPS) is 15.4. The number of thiazole rings is 1. The summed E-state index contributed by atoms with van der Waals surface area (Å²) in [6, 6.07) is 0. The second-order valence-electron chi connectivity index (χ2n) is 7.54. The molecule has 0 unspecified atom stereocenters. The monoisotopic (exact) mass is 500 g/mol. The highest BCUT2D eigenvalue weighted by molar-refractivity contribution is 7.15. The van der Waals surface area contributed by atoms with Crippen molar-refractivity contribution in [2.75, 3.05) is 13.7 Å². The van der Waals surface area contributed by atoms with Gasteiger partial charge in [0.2, 0.25) is 0 Å². The lowest BCUT2D eigenvalue weighted by atomic mass is 10.2. The number of halogens is 3. The number of ether oxygens (including phenoxy) is 3. The van der Waals surface area contributed by atoms with Gasteiger partial charge in [-0.1, -0.05) is 17.4 Å². The Morgan fingerprint density at radius 2 is 1.97 bits per heavy atom. The second kappa shape index (κ2) is 11.4. The third kappa shape index (κ3) is 7.49. The SMILES string of the molecule is C/C=C(\C=C(/C)OC(F)(F)F)c1cn2c(=O)/c(=C/C(C)=C/C(OC(C)C)=C(/O)COC)sc2n1. The summed E-state index contributed by atoms with van der Waals surface area (Å²) in [4.78, 5) is 17.6. The number of alkyl halides is 3. The van der Waals surface area contributed by atoms with E-state index in [1.54, 1.807) is 32.1 Å². The van der Waals surface area contributed by atoms with Gasteiger partial charge < -0.3 is 19.3 Å². The summed E-state index contributed by atoms with van der Waals surface area (Å²) in [7, 11) is 1.45. The molecule has 0 atom stereocenters. The molecule has 2 heterocycles. The molecule has 0 aliphatic carbocycles. The predicted octanol–water partition coefficient (Wildman–Crippen LogP) is 4.89. The second-order valence-corrected chi connectivity index (χ2v) is 8.55. The summed E-state index contributed by atoms with van der Waals surface area (Å²) >= 11 is 1.13. The van der Waals surface area contributed by atoms with E-state index in [1.807, 2.05) is 13.8 Å². The number of nitrogens with zero attached hydrogens (tertiary/aromatic N) is 2. The fourth-order valence-corrected chi connectivity index (χ4v) is 3.92. The molecule has 2 aromatic heterocycles. The molecule has 11 heteroatoms. The van der Waals surface area contributed by atoms with Crippen LogP contribution in [0.1, 0.15) is 40.3 Å². The Kier molecular flexibility index (Phi) is 9.11. The zero-order valence-electron chi connectivity index (χ0n) is 19.7. The van der Waals surface area contributed by atoms with E-state index in [0.717, 1.165) is 11.3 Å². The number of aliphatic hydroxyl groups excluding tert-OH is 1. The topological polar surface area (TPSA) is 82.3 Å². The Labute approximate surface area is 198 Å². The molecule has 0 saturated heterocycles. The van der Waals surface area contributed by atoms with E-state index in [9.17, 15) is 23.1 Å². The van der Waals surface area contributed by atoms with Gasteiger partial charge in [-0.2, -0.15) is 0 Å². The zero-order chi connectivity index (χ0) is 25.6. The largest absolute Gasteiger partial charge is 0.572 e. The van der Waals surface area contributed by atoms with Gasteiger partial charge in [-0.15, -0.1) is 13.2 Å². The molecule has 0 fully saturated rings. The summed E-state index contributed by atoms with van der Waals surface area (Å²) < 4.78 is 53.5. The fraction of sp³-hybridized carbons (Fsp3) is 0.391. The summed E-state index contributed by atoms with van der Waals surface area (Å²) in [6.45, 7) is 8.20. The summed E-state index contributed by atoms with van der Waals surface area (Å²) in [5, 5.41) is 10.2. The number of allylic oxidation sites excluding steroid dienone is 6. The number of hydrogen-bond donors (Lipinski definition) is 1. The Morgan fingerprint density at radius 1 is 1.29 bits per heavy atom. The van der Waals surface area contributed by atoms with E-state index < -0.39 is 6.36 Å². The van der Waals surface area contributed by atoms with Gasteiger partial charge in [0.1, 0.15) is 12.4 Å². The first-order chi connectivity index (χ1) is 15.8. The predicted molar refractivity (Wildman–Crippen MR) is 125 cm³/mol. The van der Waals surface area contributed by atoms with Crippen LogP contribution in [0.5, 0.6) is 0 Å². The van der Waals surface area contributed by atoms with Crippen molar-refractivity contribution in [2.45, 2.75) is 47.1 Å². The third-order valence-corrected chi connectivity index (χ3v) is 5.18. The molecule has 0 amide bonds. The van der Waals surface area contributed by atoms with Crippen LogP contribution < -0.4 is 10.1 Å². The number of rotatable bonds is 9. The van der Waals surface area contributed by atoms with Crippen LogP contribution in [0.3, 0.4) is 0 Å². The van der Waals surface area contributed by atoms with Crippen molar-refractivity contribution in [3.05, 3.63) is 67.9 Å². The number of aliphatic hydroxyl groups is 1. The van der Waals surface area contributed by atoms with E-state index in [2.05, 4.69) is 9.72 Å². The van der Waals surface area contributed by atoms with Crippen molar-refractivity contribution in [3.8, 4) is 0 Å². The lowest BCUT2D eigenvalue weighted by molar-refractivity contribution is -0.305. The molecule has 0 spiro atoms. The van der Waals surface area contributed by atoms with Gasteiger partial charge in [0.25, 0.3) is 5.56 Å². The Balaban J connectivity index is 2.42. The van der Waals surface area contributed by atoms with Crippen molar-refractivity contribution in [1.29, 1.82) is 0 Å². The summed E-state index contributed by atoms with van der Waals surface area (Å²) in [5.41, 5.74) is 1.05. The molecule has 0 radical (unpaired) electrons. The van der Waals surface area contributed by atoms with Gasteiger partial charge in [0.15, 0.2) is 16.5 Å². The molecule has 34 heavy (non-hydrogen) atoms. The minimum absolute atomic E-state index is 0.0244. The van der Waals surface area contributed by atoms with E-state index in [0.29, 0.717) is 26.3 Å². The highest BCUT2D eigenvalue weighted by Gasteiger charge is 2.31. The van der Waals surface area contributed by atoms with E-state index >= 15 is 0 Å². The van der Waals surface area contributed by atoms with Crippen LogP contribution in [0.25, 0.3) is 16.6 Å². The van der Waals surface area contributed by atoms with Crippen LogP contribution in [-0.2, 0) is 14.2 Å². The fourth-order valence-electron chi connectivity index (χ4n) is 2.91. The van der Waals surface area contributed by atoms with Crippen LogP contribution >= 0.6 is 11.3 Å². The maximum absolute atomic E-state index is 12.9. The van der Waals surface area contributed by atoms with Crippen molar-refractivity contribution < 1.29 is 32.5 Å². The molecule has 2 aromatic rings. The van der Waals surface area contributed by atoms with Gasteiger partial charge in [0, 0.05) is 18.9 Å². The van der Waals surface area contributed by atoms with Gasteiger partial charge in [-0.25, -0.2) is 4.98 Å². The summed E-state index contributed by atoms with van der Waals surface area (Å²) in [6.07, 6.45) is 2.53. The van der Waals surface area contributed by atoms with Gasteiger partial charge in [-0.3, -0.25) is 9.20 Å². The number of methoxy groups -OCH3 is 1. The first kappa shape index (κ1) is 27.2. The number of aromatic nitrogens is 2. The van der Waals surface area contributed by atoms with Gasteiger partial charge in [-0.05, 0) is 58.4 Å². The lowest BCUT2D eigenvalue weighted by Crippen LogP contribution is -2.22. The minimum Gasteiger partial charge on any atom is -0.506 e. The van der Waals surface area contributed by atoms with Crippen LogP contribution in [0.15, 0.2) is 52.1 Å². The Bertz CT molecular complexity index is 1250. The maximum Gasteiger partial charge on any atom is 0.572 e. The highest BCUT2D eigenvalue weighted by atomic mass is 32.1. The molecule has 1 N–H and O–H groups in total. The molecule has 2 rings (SSSR count). The summed E-state index contributed by atoms with van der Waals surface area (Å²) in [5.74, 6) is -0.186. The van der Waals surface area contributed by atoms with Gasteiger partial charge >= 0.3 is 6.36 Å². The number of fused-ring (bicyclic) bond motifs is 1. The van der Waals surface area contributed by atoms with Crippen LogP contribution in [0.2, 0.25) is 0 Å². The average molecular weight is 501 g/mol. The maximum atomic E-state index is 12.9. The first-order valence-corrected chi connectivity index (χ1v) is 11.1. The lowest BCUT2D eigenvalue weighted by Gasteiger charge is -2.13. The van der Waals surface area contributed by atoms with Crippen LogP contribution in [0, 0.1) is 0 Å². The number of hydrogen-bond acceptors (Lipinski definition) is 7. The molecular weight excluding hydrogens is 473 g/mol. The van der Waals surface area contributed by atoms with Crippen molar-refractivity contribution in [3.63, 3.8) is 0 Å². The minimum atomic E-state index is -4.79. The number of imidazole rings is 1. The van der Waals surface area contributed by atoms with Crippen molar-refractivity contribution >= 4 is 27.9 Å². The van der Waals surface area contributed by atoms with E-state index in [-0.39, 0.29) is 35.5 Å². The molecule has 7 nitrogen and oxygen atoms in total. The Morgan fingerprint density at radius 3 is 2.50 bits per heavy atom. The smallest absolute Gasteiger partial charge is 0.506 e. The average Bonchev–Trinajstić information content (AvgIpc) is 3.23. The third-order valence-electron chi connectivity index (χ3n) is 4.19. The molecule has 186 valence electrons. The Hall–Kier alpha value is -3.05. The molecule has 0 saturated carbocycles. The van der Waals surface area contributed by atoms with Crippen molar-refractivity contribution in [1.82, 2.24) is 9.38 Å². The highest BCUT2D eigenvalue weighted by Crippen LogP contribution is 2.24. The van der Waals surface area contributed by atoms with Crippen LogP contribution in [-0.4, -0.2) is 40.7 Å². The van der Waals surface area contributed by atoms with E-state index in [4.69, 9.17) is 9.47 Å². The standard InChI is InChI=1S/C23H27F3N2O5S/c1-7-16(10-15(5)33-23(24,25)26)17-11-28-21(30)20(34-22(28)27-17)9-14(4)8-19(32-13(2)3)18(29)12-31-6/h7-11,13,29H,12H2,1-6H3/b14-8+,15-10+,16-7+,19-18-,20-9-. The molecule has 0 bridgehead atoms. The molecule has 0 aliphatic rings. The molecular formula is C23H27F3N2O5S. The zero-order valence-corrected chi connectivity index (χ0v) is 20.5. The van der Waals surface area contributed by atoms with Crippen LogP contribution in [0.4, 0.5) is 13.2 Å². The van der Waals surface area contributed by atoms with Crippen molar-refractivity contribution in [2.24, 2.45) is 0 Å². The van der Waals surface area contributed by atoms with E-state index in [1.165, 1.54) is 30.7 Å².